The van der Waals surface area contributed by atoms with Crippen LogP contribution in [-0.2, 0) is 38.1 Å². The number of nitrogens with zero attached hydrogens (tertiary/aromatic N) is 1. The standard InChI is InChI=1S/C54H103NO9/c1-6-10-13-16-19-22-25-28-31-34-37-41-51(56)61-47-50(48-62-52(57)42-38-35-32-29-26-23-20-17-14-11-7-2)63-53(58)44-43-49(64-54(59)60-46-39-45-55(5)9-4)40-36-33-30-27-24-21-18-15-12-8-3/h49-50H,6-48H2,1-5H3. The second-order valence-electron chi connectivity index (χ2n) is 18.6. The molecule has 0 radical (unpaired) electrons. The molecule has 0 N–H and O–H groups in total. The first kappa shape index (κ1) is 61.6. The molecule has 0 bridgehead atoms. The Hall–Kier alpha value is -2.36. The monoisotopic (exact) mass is 910 g/mol. The summed E-state index contributed by atoms with van der Waals surface area (Å²) in [5.74, 6) is -1.19. The first-order valence-corrected chi connectivity index (χ1v) is 27.3. The van der Waals surface area contributed by atoms with Gasteiger partial charge in [-0.15, -0.1) is 0 Å². The van der Waals surface area contributed by atoms with E-state index in [-0.39, 0.29) is 44.6 Å². The Morgan fingerprint density at radius 2 is 0.750 bits per heavy atom. The van der Waals surface area contributed by atoms with Gasteiger partial charge in [0, 0.05) is 25.8 Å². The maximum Gasteiger partial charge on any atom is 0.508 e. The summed E-state index contributed by atoms with van der Waals surface area (Å²) in [6, 6.07) is 0. The van der Waals surface area contributed by atoms with Gasteiger partial charge in [0.1, 0.15) is 19.3 Å². The van der Waals surface area contributed by atoms with Gasteiger partial charge in [0.25, 0.3) is 0 Å². The molecule has 0 rings (SSSR count). The molecule has 0 fully saturated rings. The first-order valence-electron chi connectivity index (χ1n) is 27.3. The fraction of sp³-hybridized carbons (Fsp3) is 0.926. The van der Waals surface area contributed by atoms with E-state index in [1.54, 1.807) is 0 Å². The maximum absolute atomic E-state index is 13.3. The highest BCUT2D eigenvalue weighted by atomic mass is 16.7. The zero-order valence-electron chi connectivity index (χ0n) is 42.7. The van der Waals surface area contributed by atoms with Crippen LogP contribution in [0.3, 0.4) is 0 Å². The molecule has 0 aliphatic carbocycles. The SMILES string of the molecule is CCCCCCCCCCCCCC(=O)OCC(COC(=O)CCCCCCCCCCCCC)OC(=O)CCC(CCCCCCCCCCCC)OC(=O)OCCCN(C)CC. The van der Waals surface area contributed by atoms with Gasteiger partial charge in [-0.1, -0.05) is 214 Å². The van der Waals surface area contributed by atoms with E-state index in [0.717, 1.165) is 70.9 Å². The van der Waals surface area contributed by atoms with Crippen LogP contribution < -0.4 is 0 Å². The molecule has 0 spiro atoms. The van der Waals surface area contributed by atoms with Crippen molar-refractivity contribution in [2.75, 3.05) is 40.0 Å². The van der Waals surface area contributed by atoms with Crippen molar-refractivity contribution in [3.8, 4) is 0 Å². The zero-order chi connectivity index (χ0) is 47.0. The molecule has 10 nitrogen and oxygen atoms in total. The van der Waals surface area contributed by atoms with Crippen LogP contribution in [-0.4, -0.2) is 81.1 Å². The van der Waals surface area contributed by atoms with Crippen molar-refractivity contribution in [2.24, 2.45) is 0 Å². The number of hydrogen-bond acceptors (Lipinski definition) is 10. The van der Waals surface area contributed by atoms with Crippen LogP contribution in [0.2, 0.25) is 0 Å². The zero-order valence-corrected chi connectivity index (χ0v) is 42.7. The Labute approximate surface area is 394 Å². The minimum absolute atomic E-state index is 0.00682. The summed E-state index contributed by atoms with van der Waals surface area (Å²) in [6.07, 6.45) is 38.4. The minimum atomic E-state index is -0.914. The molecular formula is C54H103NO9. The van der Waals surface area contributed by atoms with Gasteiger partial charge in [-0.3, -0.25) is 14.4 Å². The van der Waals surface area contributed by atoms with Crippen molar-refractivity contribution in [1.29, 1.82) is 0 Å². The number of rotatable bonds is 49. The highest BCUT2D eigenvalue weighted by Gasteiger charge is 2.22. The van der Waals surface area contributed by atoms with Crippen molar-refractivity contribution in [2.45, 2.75) is 284 Å². The molecule has 0 saturated carbocycles. The molecule has 0 amide bonds. The van der Waals surface area contributed by atoms with E-state index in [1.807, 2.05) is 7.05 Å². The summed E-state index contributed by atoms with van der Waals surface area (Å²) in [5.41, 5.74) is 0. The third kappa shape index (κ3) is 44.8. The fourth-order valence-corrected chi connectivity index (χ4v) is 7.96. The van der Waals surface area contributed by atoms with Crippen LogP contribution in [0.5, 0.6) is 0 Å². The van der Waals surface area contributed by atoms with E-state index in [4.69, 9.17) is 23.7 Å². The van der Waals surface area contributed by atoms with E-state index < -0.39 is 24.3 Å². The summed E-state index contributed by atoms with van der Waals surface area (Å²) in [5, 5.41) is 0. The molecule has 378 valence electrons. The molecule has 0 aliphatic heterocycles. The average Bonchev–Trinajstić information content (AvgIpc) is 3.29. The maximum atomic E-state index is 13.3. The Bertz CT molecular complexity index is 1010. The molecule has 0 aliphatic rings. The van der Waals surface area contributed by atoms with Gasteiger partial charge in [0.05, 0.1) is 6.61 Å². The van der Waals surface area contributed by atoms with Crippen molar-refractivity contribution >= 4 is 24.1 Å². The third-order valence-corrected chi connectivity index (χ3v) is 12.4. The molecule has 1 atom stereocenters. The van der Waals surface area contributed by atoms with Gasteiger partial charge in [-0.2, -0.15) is 0 Å². The predicted molar refractivity (Wildman–Crippen MR) is 264 cm³/mol. The number of ether oxygens (including phenoxy) is 5. The average molecular weight is 910 g/mol. The molecular weight excluding hydrogens is 807 g/mol. The van der Waals surface area contributed by atoms with E-state index in [9.17, 15) is 19.2 Å². The molecule has 64 heavy (non-hydrogen) atoms. The lowest BCUT2D eigenvalue weighted by atomic mass is 10.0. The van der Waals surface area contributed by atoms with Crippen LogP contribution in [0.4, 0.5) is 4.79 Å². The lowest BCUT2D eigenvalue weighted by Gasteiger charge is -2.20. The predicted octanol–water partition coefficient (Wildman–Crippen LogP) is 15.3. The first-order chi connectivity index (χ1) is 31.2. The molecule has 0 aromatic heterocycles. The number of esters is 3. The Balaban J connectivity index is 5.07. The van der Waals surface area contributed by atoms with Gasteiger partial charge < -0.3 is 28.6 Å². The summed E-state index contributed by atoms with van der Waals surface area (Å²) in [6.45, 7) is 10.5. The molecule has 0 saturated heterocycles. The van der Waals surface area contributed by atoms with E-state index in [2.05, 4.69) is 32.6 Å². The number of hydrogen-bond donors (Lipinski definition) is 0. The van der Waals surface area contributed by atoms with Crippen molar-refractivity contribution in [3.05, 3.63) is 0 Å². The van der Waals surface area contributed by atoms with Crippen LogP contribution in [0, 0.1) is 0 Å². The summed E-state index contributed by atoms with van der Waals surface area (Å²) < 4.78 is 28.0. The van der Waals surface area contributed by atoms with Crippen molar-refractivity contribution in [1.82, 2.24) is 4.90 Å². The Kier molecular flexibility index (Phi) is 46.8. The van der Waals surface area contributed by atoms with Crippen LogP contribution >= 0.6 is 0 Å². The number of carbonyl (C=O) groups excluding carboxylic acids is 4. The summed E-state index contributed by atoms with van der Waals surface area (Å²) in [4.78, 5) is 53.6. The molecule has 0 heterocycles. The third-order valence-electron chi connectivity index (χ3n) is 12.4. The van der Waals surface area contributed by atoms with Crippen molar-refractivity contribution < 1.29 is 42.9 Å². The topological polar surface area (TPSA) is 118 Å². The van der Waals surface area contributed by atoms with E-state index >= 15 is 0 Å². The highest BCUT2D eigenvalue weighted by molar-refractivity contribution is 5.71. The summed E-state index contributed by atoms with van der Waals surface area (Å²) in [7, 11) is 2.03. The van der Waals surface area contributed by atoms with E-state index in [0.29, 0.717) is 25.7 Å². The lowest BCUT2D eigenvalue weighted by Crippen LogP contribution is -2.31. The second-order valence-corrected chi connectivity index (χ2v) is 18.6. The van der Waals surface area contributed by atoms with Gasteiger partial charge in [-0.05, 0) is 52.1 Å². The minimum Gasteiger partial charge on any atom is -0.462 e. The molecule has 1 unspecified atom stereocenters. The smallest absolute Gasteiger partial charge is 0.462 e. The van der Waals surface area contributed by atoms with Gasteiger partial charge in [0.15, 0.2) is 6.10 Å². The Morgan fingerprint density at radius 1 is 0.375 bits per heavy atom. The van der Waals surface area contributed by atoms with Crippen LogP contribution in [0.15, 0.2) is 0 Å². The normalized spacial score (nSPS) is 11.9. The van der Waals surface area contributed by atoms with Gasteiger partial charge in [0.2, 0.25) is 0 Å². The quantitative estimate of drug-likeness (QED) is 0.0332. The second kappa shape index (κ2) is 48.6. The van der Waals surface area contributed by atoms with Crippen LogP contribution in [0.1, 0.15) is 272 Å². The number of carbonyl (C=O) groups is 4. The summed E-state index contributed by atoms with van der Waals surface area (Å²) >= 11 is 0. The van der Waals surface area contributed by atoms with Gasteiger partial charge in [-0.25, -0.2) is 4.79 Å². The molecule has 0 aromatic rings. The van der Waals surface area contributed by atoms with E-state index in [1.165, 1.54) is 148 Å². The van der Waals surface area contributed by atoms with Crippen molar-refractivity contribution in [3.63, 3.8) is 0 Å². The number of unbranched alkanes of at least 4 members (excludes halogenated alkanes) is 29. The lowest BCUT2D eigenvalue weighted by molar-refractivity contribution is -0.167. The molecule has 0 aromatic carbocycles. The fourth-order valence-electron chi connectivity index (χ4n) is 7.96. The van der Waals surface area contributed by atoms with Gasteiger partial charge >= 0.3 is 24.1 Å². The Morgan fingerprint density at radius 3 is 1.14 bits per heavy atom. The highest BCUT2D eigenvalue weighted by Crippen LogP contribution is 2.18. The largest absolute Gasteiger partial charge is 0.508 e. The molecule has 10 heteroatoms. The van der Waals surface area contributed by atoms with Crippen LogP contribution in [0.25, 0.3) is 0 Å².